The molecule has 1 unspecified atom stereocenters. The molecule has 2 aliphatic rings. The number of carbonyl (C=O) groups is 3. The first-order valence-electron chi connectivity index (χ1n) is 10.4. The average molecular weight is 409 g/mol. The second-order valence-electron chi connectivity index (χ2n) is 7.95. The summed E-state index contributed by atoms with van der Waals surface area (Å²) in [5, 5.41) is 4.17. The zero-order valence-corrected chi connectivity index (χ0v) is 17.5. The maximum atomic E-state index is 13.2. The molecular formula is C22H27N5O3. The fourth-order valence-corrected chi connectivity index (χ4v) is 4.23. The van der Waals surface area contributed by atoms with Crippen LogP contribution in [0.15, 0.2) is 36.7 Å². The van der Waals surface area contributed by atoms with Gasteiger partial charge in [0.1, 0.15) is 12.6 Å². The monoisotopic (exact) mass is 409 g/mol. The molecule has 1 atom stereocenters. The van der Waals surface area contributed by atoms with Crippen molar-refractivity contribution < 1.29 is 14.4 Å². The second kappa shape index (κ2) is 8.30. The molecule has 158 valence electrons. The molecule has 2 fully saturated rings. The van der Waals surface area contributed by atoms with Gasteiger partial charge < -0.3 is 14.7 Å². The Kier molecular flexibility index (Phi) is 5.57. The zero-order chi connectivity index (χ0) is 21.3. The van der Waals surface area contributed by atoms with Crippen LogP contribution in [0.4, 0.5) is 0 Å². The summed E-state index contributed by atoms with van der Waals surface area (Å²) in [5.41, 5.74) is 2.68. The van der Waals surface area contributed by atoms with E-state index in [-0.39, 0.29) is 24.3 Å². The van der Waals surface area contributed by atoms with E-state index in [4.69, 9.17) is 0 Å². The van der Waals surface area contributed by atoms with Gasteiger partial charge in [-0.2, -0.15) is 5.10 Å². The summed E-state index contributed by atoms with van der Waals surface area (Å²) in [5.74, 6) is -0.198. The second-order valence-corrected chi connectivity index (χ2v) is 7.95. The number of aromatic nitrogens is 2. The molecule has 1 aromatic heterocycles. The molecule has 3 amide bonds. The Morgan fingerprint density at radius 1 is 1.20 bits per heavy atom. The third-order valence-corrected chi connectivity index (χ3v) is 5.85. The summed E-state index contributed by atoms with van der Waals surface area (Å²) >= 11 is 0. The lowest BCUT2D eigenvalue weighted by Gasteiger charge is -2.39. The van der Waals surface area contributed by atoms with Crippen LogP contribution in [0.2, 0.25) is 0 Å². The molecule has 3 heterocycles. The number of hydrogen-bond donors (Lipinski definition) is 0. The number of aryl methyl sites for hydroxylation is 2. The molecule has 1 aromatic carbocycles. The summed E-state index contributed by atoms with van der Waals surface area (Å²) < 4.78 is 1.71. The maximum absolute atomic E-state index is 13.2. The van der Waals surface area contributed by atoms with Gasteiger partial charge in [-0.15, -0.1) is 0 Å². The van der Waals surface area contributed by atoms with Crippen molar-refractivity contribution in [2.75, 3.05) is 26.2 Å². The average Bonchev–Trinajstić information content (AvgIpc) is 3.10. The molecule has 4 rings (SSSR count). The van der Waals surface area contributed by atoms with Gasteiger partial charge in [-0.05, 0) is 25.8 Å². The van der Waals surface area contributed by atoms with Crippen LogP contribution in [-0.2, 0) is 22.7 Å². The van der Waals surface area contributed by atoms with Gasteiger partial charge in [0.15, 0.2) is 0 Å². The number of piperazine rings is 1. The Hall–Kier alpha value is -3.16. The van der Waals surface area contributed by atoms with E-state index < -0.39 is 6.04 Å². The minimum absolute atomic E-state index is 0.0378. The van der Waals surface area contributed by atoms with Crippen LogP contribution >= 0.6 is 0 Å². The van der Waals surface area contributed by atoms with Gasteiger partial charge >= 0.3 is 0 Å². The molecule has 0 bridgehead atoms. The molecule has 30 heavy (non-hydrogen) atoms. The molecule has 8 nitrogen and oxygen atoms in total. The molecular weight excluding hydrogens is 382 g/mol. The van der Waals surface area contributed by atoms with Crippen LogP contribution in [0.1, 0.15) is 34.8 Å². The minimum atomic E-state index is -0.507. The molecule has 2 aliphatic heterocycles. The van der Waals surface area contributed by atoms with Crippen molar-refractivity contribution in [3.63, 3.8) is 0 Å². The van der Waals surface area contributed by atoms with Gasteiger partial charge in [-0.1, -0.05) is 29.8 Å². The molecule has 0 N–H and O–H groups in total. The topological polar surface area (TPSA) is 78.8 Å². The van der Waals surface area contributed by atoms with Crippen LogP contribution in [0.25, 0.3) is 0 Å². The lowest BCUT2D eigenvalue weighted by atomic mass is 10.1. The Balaban J connectivity index is 1.46. The Morgan fingerprint density at radius 2 is 2.03 bits per heavy atom. The van der Waals surface area contributed by atoms with Crippen molar-refractivity contribution in [3.05, 3.63) is 53.3 Å². The number of nitrogens with zero attached hydrogens (tertiary/aromatic N) is 5. The highest BCUT2D eigenvalue weighted by Gasteiger charge is 2.41. The van der Waals surface area contributed by atoms with Crippen LogP contribution < -0.4 is 0 Å². The van der Waals surface area contributed by atoms with Gasteiger partial charge in [0.2, 0.25) is 11.8 Å². The van der Waals surface area contributed by atoms with E-state index in [2.05, 4.69) is 5.10 Å². The van der Waals surface area contributed by atoms with E-state index in [9.17, 15) is 14.4 Å². The molecule has 2 aromatic rings. The van der Waals surface area contributed by atoms with Crippen molar-refractivity contribution in [2.45, 2.75) is 39.4 Å². The Labute approximate surface area is 176 Å². The number of amides is 3. The van der Waals surface area contributed by atoms with E-state index in [0.717, 1.165) is 11.1 Å². The summed E-state index contributed by atoms with van der Waals surface area (Å²) in [6.07, 6.45) is 3.76. The van der Waals surface area contributed by atoms with E-state index in [1.54, 1.807) is 31.8 Å². The van der Waals surface area contributed by atoms with Gasteiger partial charge in [0.25, 0.3) is 5.91 Å². The third-order valence-electron chi connectivity index (χ3n) is 5.85. The van der Waals surface area contributed by atoms with Crippen LogP contribution in [0.3, 0.4) is 0 Å². The number of benzene rings is 1. The van der Waals surface area contributed by atoms with Gasteiger partial charge in [0, 0.05) is 38.9 Å². The molecule has 0 saturated carbocycles. The summed E-state index contributed by atoms with van der Waals surface area (Å²) in [6.45, 7) is 6.42. The fraction of sp³-hybridized carbons (Fsp3) is 0.455. The Bertz CT molecular complexity index is 969. The predicted octanol–water partition coefficient (Wildman–Crippen LogP) is 1.30. The molecule has 0 spiro atoms. The number of carbonyl (C=O) groups excluding carboxylic acids is 3. The lowest BCUT2D eigenvalue weighted by molar-refractivity contribution is -0.156. The van der Waals surface area contributed by atoms with E-state index in [1.807, 2.05) is 38.1 Å². The lowest BCUT2D eigenvalue weighted by Crippen LogP contribution is -2.59. The minimum Gasteiger partial charge on any atom is -0.337 e. The number of hydrogen-bond acceptors (Lipinski definition) is 4. The first-order valence-corrected chi connectivity index (χ1v) is 10.4. The van der Waals surface area contributed by atoms with Crippen LogP contribution in [0, 0.1) is 6.92 Å². The molecule has 8 heteroatoms. The van der Waals surface area contributed by atoms with Crippen molar-refractivity contribution >= 4 is 17.7 Å². The highest BCUT2D eigenvalue weighted by atomic mass is 16.2. The van der Waals surface area contributed by atoms with Crippen molar-refractivity contribution in [3.8, 4) is 0 Å². The van der Waals surface area contributed by atoms with E-state index >= 15 is 0 Å². The molecule has 2 saturated heterocycles. The van der Waals surface area contributed by atoms with Crippen molar-refractivity contribution in [1.29, 1.82) is 0 Å². The van der Waals surface area contributed by atoms with Gasteiger partial charge in [-0.3, -0.25) is 19.1 Å². The van der Waals surface area contributed by atoms with Crippen molar-refractivity contribution in [2.24, 2.45) is 0 Å². The summed E-state index contributed by atoms with van der Waals surface area (Å²) in [6, 6.07) is 7.47. The SMILES string of the molecule is CCn1cc(C(=O)N2CCC3C(=O)N(Cc4cccc(C)c4)CC(=O)N3CC2)cn1. The number of fused-ring (bicyclic) bond motifs is 1. The van der Waals surface area contributed by atoms with Crippen LogP contribution in [0.5, 0.6) is 0 Å². The maximum Gasteiger partial charge on any atom is 0.257 e. The summed E-state index contributed by atoms with van der Waals surface area (Å²) in [7, 11) is 0. The quantitative estimate of drug-likeness (QED) is 0.763. The Morgan fingerprint density at radius 3 is 2.77 bits per heavy atom. The third kappa shape index (κ3) is 3.94. The first kappa shape index (κ1) is 20.1. The van der Waals surface area contributed by atoms with Gasteiger partial charge in [-0.25, -0.2) is 0 Å². The normalized spacial score (nSPS) is 19.7. The van der Waals surface area contributed by atoms with Gasteiger partial charge in [0.05, 0.1) is 11.8 Å². The fourth-order valence-electron chi connectivity index (χ4n) is 4.23. The smallest absolute Gasteiger partial charge is 0.257 e. The first-order chi connectivity index (χ1) is 14.5. The van der Waals surface area contributed by atoms with Crippen LogP contribution in [-0.4, -0.2) is 74.4 Å². The molecule has 0 radical (unpaired) electrons. The van der Waals surface area contributed by atoms with Crippen molar-refractivity contribution in [1.82, 2.24) is 24.5 Å². The van der Waals surface area contributed by atoms with E-state index in [1.165, 1.54) is 0 Å². The summed E-state index contributed by atoms with van der Waals surface area (Å²) in [4.78, 5) is 43.8. The standard InChI is InChI=1S/C22H27N5O3/c1-3-26-14-18(12-23-26)21(29)24-8-7-19-22(30)25(15-20(28)27(19)10-9-24)13-17-6-4-5-16(2)11-17/h4-6,11-12,14,19H,3,7-10,13,15H2,1-2H3. The van der Waals surface area contributed by atoms with E-state index in [0.29, 0.717) is 44.7 Å². The highest BCUT2D eigenvalue weighted by Crippen LogP contribution is 2.22. The molecule has 0 aliphatic carbocycles. The predicted molar refractivity (Wildman–Crippen MR) is 111 cm³/mol. The highest BCUT2D eigenvalue weighted by molar-refractivity contribution is 5.96. The largest absolute Gasteiger partial charge is 0.337 e. The number of rotatable bonds is 4. The zero-order valence-electron chi connectivity index (χ0n) is 17.5.